The zero-order valence-electron chi connectivity index (χ0n) is 12.2. The molecule has 116 valence electrons. The van der Waals surface area contributed by atoms with Crippen molar-refractivity contribution in [1.82, 2.24) is 10.2 Å². The van der Waals surface area contributed by atoms with Gasteiger partial charge in [-0.15, -0.1) is 10.2 Å². The van der Waals surface area contributed by atoms with Crippen molar-refractivity contribution in [2.24, 2.45) is 0 Å². The smallest absolute Gasteiger partial charge is 0.281 e. The van der Waals surface area contributed by atoms with Crippen LogP contribution < -0.4 is 14.6 Å². The summed E-state index contributed by atoms with van der Waals surface area (Å²) in [7, 11) is 3.02. The van der Waals surface area contributed by atoms with Crippen LogP contribution in [0, 0.1) is 6.92 Å². The van der Waals surface area contributed by atoms with Gasteiger partial charge in [0.15, 0.2) is 11.5 Å². The lowest BCUT2D eigenvalue weighted by Gasteiger charge is -2.09. The quantitative estimate of drug-likeness (QED) is 0.579. The average Bonchev–Trinajstić information content (AvgIpc) is 2.91. The fourth-order valence-corrected chi connectivity index (χ4v) is 2.35. The fraction of sp³-hybridized carbons (Fsp3) is 0.214. The number of carboxylic acid groups (broad SMARTS) is 1. The summed E-state index contributed by atoms with van der Waals surface area (Å²) in [6.07, 6.45) is 1.43. The van der Waals surface area contributed by atoms with Gasteiger partial charge in [0.2, 0.25) is 5.89 Å². The number of hydrogen-bond donors (Lipinski definition) is 0. The molecule has 0 N–H and O–H groups in total. The second-order valence-corrected chi connectivity index (χ2v) is 5.09. The van der Waals surface area contributed by atoms with Crippen molar-refractivity contribution >= 4 is 23.8 Å². The standard InChI is InChI=1S/C14H14N2O5S/c1-8-15-16-14(21-8)22-12(13(17)18)7-9-4-5-10(19-2)11(6-9)20-3/h4-7H,1-3H3,(H,17,18)/p-1/b12-7-. The van der Waals surface area contributed by atoms with Gasteiger partial charge in [-0.05, 0) is 35.5 Å². The summed E-state index contributed by atoms with van der Waals surface area (Å²) < 4.78 is 15.5. The molecule has 1 aromatic heterocycles. The fourth-order valence-electron chi connectivity index (χ4n) is 1.64. The van der Waals surface area contributed by atoms with E-state index in [9.17, 15) is 9.90 Å². The second-order valence-electron chi connectivity index (χ2n) is 4.10. The molecule has 22 heavy (non-hydrogen) atoms. The molecule has 0 bridgehead atoms. The minimum absolute atomic E-state index is 0.0594. The molecule has 7 nitrogen and oxygen atoms in total. The first-order chi connectivity index (χ1) is 10.5. The monoisotopic (exact) mass is 321 g/mol. The Morgan fingerprint density at radius 2 is 2.00 bits per heavy atom. The zero-order chi connectivity index (χ0) is 16.1. The number of benzene rings is 1. The highest BCUT2D eigenvalue weighted by atomic mass is 32.2. The molecule has 0 unspecified atom stereocenters. The Hall–Kier alpha value is -2.48. The Bertz CT molecular complexity index is 711. The van der Waals surface area contributed by atoms with Gasteiger partial charge in [0, 0.05) is 11.8 Å². The molecular formula is C14H13N2O5S-. The first-order valence-corrected chi connectivity index (χ1v) is 6.98. The summed E-state index contributed by atoms with van der Waals surface area (Å²) in [5.41, 5.74) is 0.612. The molecule has 0 saturated heterocycles. The van der Waals surface area contributed by atoms with Gasteiger partial charge in [0.05, 0.1) is 20.2 Å². The maximum absolute atomic E-state index is 11.2. The van der Waals surface area contributed by atoms with E-state index in [4.69, 9.17) is 13.9 Å². The number of thioether (sulfide) groups is 1. The van der Waals surface area contributed by atoms with Crippen molar-refractivity contribution in [2.45, 2.75) is 12.1 Å². The van der Waals surface area contributed by atoms with E-state index in [1.54, 1.807) is 25.1 Å². The second kappa shape index (κ2) is 6.99. The molecule has 1 heterocycles. The Morgan fingerprint density at radius 1 is 1.27 bits per heavy atom. The van der Waals surface area contributed by atoms with Gasteiger partial charge in [-0.1, -0.05) is 6.07 Å². The van der Waals surface area contributed by atoms with E-state index in [-0.39, 0.29) is 10.1 Å². The molecule has 8 heteroatoms. The summed E-state index contributed by atoms with van der Waals surface area (Å²) in [5.74, 6) is 0.0596. The van der Waals surface area contributed by atoms with Crippen LogP contribution in [0.1, 0.15) is 11.5 Å². The normalized spacial score (nSPS) is 11.3. The van der Waals surface area contributed by atoms with Crippen LogP contribution in [0.15, 0.2) is 32.7 Å². The molecule has 0 fully saturated rings. The topological polar surface area (TPSA) is 97.5 Å². The number of hydrogen-bond acceptors (Lipinski definition) is 8. The van der Waals surface area contributed by atoms with Crippen molar-refractivity contribution in [3.63, 3.8) is 0 Å². The van der Waals surface area contributed by atoms with Gasteiger partial charge in [-0.25, -0.2) is 0 Å². The van der Waals surface area contributed by atoms with Gasteiger partial charge in [-0.3, -0.25) is 0 Å². The van der Waals surface area contributed by atoms with Crippen molar-refractivity contribution in [3.05, 3.63) is 34.6 Å². The lowest BCUT2D eigenvalue weighted by molar-refractivity contribution is -0.298. The van der Waals surface area contributed by atoms with Crippen LogP contribution in [0.5, 0.6) is 11.5 Å². The molecule has 0 atom stereocenters. The lowest BCUT2D eigenvalue weighted by atomic mass is 10.2. The third-order valence-corrected chi connectivity index (χ3v) is 3.46. The van der Waals surface area contributed by atoms with Crippen LogP contribution in [0.3, 0.4) is 0 Å². The Kier molecular flexibility index (Phi) is 5.05. The maximum Gasteiger partial charge on any atom is 0.281 e. The number of nitrogens with zero attached hydrogens (tertiary/aromatic N) is 2. The number of ether oxygens (including phenoxy) is 2. The van der Waals surface area contributed by atoms with Crippen LogP contribution in [-0.4, -0.2) is 30.4 Å². The number of methoxy groups -OCH3 is 2. The van der Waals surface area contributed by atoms with Crippen molar-refractivity contribution in [3.8, 4) is 11.5 Å². The van der Waals surface area contributed by atoms with Gasteiger partial charge in [0.1, 0.15) is 0 Å². The van der Waals surface area contributed by atoms with Crippen molar-refractivity contribution < 1.29 is 23.8 Å². The molecule has 0 aliphatic rings. The highest BCUT2D eigenvalue weighted by Gasteiger charge is 2.10. The Morgan fingerprint density at radius 3 is 2.55 bits per heavy atom. The van der Waals surface area contributed by atoms with Crippen LogP contribution in [0.25, 0.3) is 6.08 Å². The minimum atomic E-state index is -1.34. The summed E-state index contributed by atoms with van der Waals surface area (Å²) in [4.78, 5) is 11.2. The van der Waals surface area contributed by atoms with E-state index in [2.05, 4.69) is 10.2 Å². The van der Waals surface area contributed by atoms with E-state index in [0.29, 0.717) is 23.0 Å². The first-order valence-electron chi connectivity index (χ1n) is 6.16. The molecule has 0 radical (unpaired) electrons. The molecule has 0 amide bonds. The number of aliphatic carboxylic acids is 1. The van der Waals surface area contributed by atoms with E-state index < -0.39 is 5.97 Å². The van der Waals surface area contributed by atoms with Crippen LogP contribution in [0.2, 0.25) is 0 Å². The molecular weight excluding hydrogens is 308 g/mol. The summed E-state index contributed by atoms with van der Waals surface area (Å²) in [5, 5.41) is 18.8. The van der Waals surface area contributed by atoms with Gasteiger partial charge < -0.3 is 23.8 Å². The molecule has 0 spiro atoms. The number of carbonyl (C=O) groups excluding carboxylic acids is 1. The summed E-state index contributed by atoms with van der Waals surface area (Å²) in [6, 6.07) is 5.03. The highest BCUT2D eigenvalue weighted by molar-refractivity contribution is 8.03. The number of carbonyl (C=O) groups is 1. The van der Waals surface area contributed by atoms with Crippen LogP contribution in [-0.2, 0) is 4.79 Å². The molecule has 1 aromatic carbocycles. The lowest BCUT2D eigenvalue weighted by Crippen LogP contribution is -2.23. The number of carboxylic acids is 1. The van der Waals surface area contributed by atoms with Crippen LogP contribution in [0.4, 0.5) is 0 Å². The largest absolute Gasteiger partial charge is 0.544 e. The van der Waals surface area contributed by atoms with Crippen molar-refractivity contribution in [1.29, 1.82) is 0 Å². The van der Waals surface area contributed by atoms with E-state index in [1.807, 2.05) is 0 Å². The number of aromatic nitrogens is 2. The number of rotatable bonds is 6. The molecule has 2 rings (SSSR count). The van der Waals surface area contributed by atoms with E-state index in [0.717, 1.165) is 11.8 Å². The third kappa shape index (κ3) is 3.79. The maximum atomic E-state index is 11.2. The predicted octanol–water partition coefficient (Wildman–Crippen LogP) is 1.28. The third-order valence-electron chi connectivity index (χ3n) is 2.61. The van der Waals surface area contributed by atoms with Crippen molar-refractivity contribution in [2.75, 3.05) is 14.2 Å². The first kappa shape index (κ1) is 15.9. The minimum Gasteiger partial charge on any atom is -0.544 e. The Balaban J connectivity index is 2.31. The SMILES string of the molecule is COc1ccc(/C=C(\Sc2nnc(C)o2)C(=O)[O-])cc1OC. The Labute approximate surface area is 130 Å². The highest BCUT2D eigenvalue weighted by Crippen LogP contribution is 2.31. The summed E-state index contributed by atoms with van der Waals surface area (Å²) in [6.45, 7) is 1.62. The van der Waals surface area contributed by atoms with Gasteiger partial charge in [0.25, 0.3) is 5.22 Å². The molecule has 2 aromatic rings. The van der Waals surface area contributed by atoms with Crippen LogP contribution >= 0.6 is 11.8 Å². The van der Waals surface area contributed by atoms with E-state index >= 15 is 0 Å². The molecule has 0 aliphatic carbocycles. The molecule has 0 saturated carbocycles. The number of aryl methyl sites for hydroxylation is 1. The molecule has 0 aliphatic heterocycles. The van der Waals surface area contributed by atoms with Gasteiger partial charge in [-0.2, -0.15) is 0 Å². The van der Waals surface area contributed by atoms with Gasteiger partial charge >= 0.3 is 0 Å². The summed E-state index contributed by atoms with van der Waals surface area (Å²) >= 11 is 0.823. The zero-order valence-corrected chi connectivity index (χ0v) is 13.0. The predicted molar refractivity (Wildman–Crippen MR) is 77.4 cm³/mol. The average molecular weight is 321 g/mol. The van der Waals surface area contributed by atoms with E-state index in [1.165, 1.54) is 20.3 Å².